The number of benzene rings is 2. The first kappa shape index (κ1) is 22.8. The third kappa shape index (κ3) is 4.38. The van der Waals surface area contributed by atoms with Crippen LogP contribution < -0.4 is 4.74 Å². The summed E-state index contributed by atoms with van der Waals surface area (Å²) >= 11 is 0. The summed E-state index contributed by atoms with van der Waals surface area (Å²) in [7, 11) is 0. The Bertz CT molecular complexity index is 1950. The molecule has 7 aromatic rings. The average Bonchev–Trinajstić information content (AvgIpc) is 3.60. The van der Waals surface area contributed by atoms with Gasteiger partial charge in [-0.1, -0.05) is 42.5 Å². The lowest BCUT2D eigenvalue weighted by Gasteiger charge is -2.08. The van der Waals surface area contributed by atoms with Crippen LogP contribution in [-0.2, 0) is 6.61 Å². The van der Waals surface area contributed by atoms with E-state index < -0.39 is 0 Å². The van der Waals surface area contributed by atoms with Gasteiger partial charge in [-0.25, -0.2) is 9.37 Å². The van der Waals surface area contributed by atoms with Gasteiger partial charge in [0, 0.05) is 46.1 Å². The molecule has 0 fully saturated rings. The Balaban J connectivity index is 1.24. The number of rotatable bonds is 6. The second-order valence-corrected chi connectivity index (χ2v) is 9.22. The van der Waals surface area contributed by atoms with Crippen molar-refractivity contribution in [3.05, 3.63) is 115 Å². The van der Waals surface area contributed by atoms with Gasteiger partial charge in [0.2, 0.25) is 0 Å². The number of nitrogens with zero attached hydrogens (tertiary/aromatic N) is 4. The molecule has 5 heterocycles. The zero-order valence-corrected chi connectivity index (χ0v) is 20.6. The predicted molar refractivity (Wildman–Crippen MR) is 148 cm³/mol. The lowest BCUT2D eigenvalue weighted by Crippen LogP contribution is -1.96. The van der Waals surface area contributed by atoms with Crippen LogP contribution in [0.4, 0.5) is 4.39 Å². The van der Waals surface area contributed by atoms with E-state index in [0.29, 0.717) is 18.0 Å². The summed E-state index contributed by atoms with van der Waals surface area (Å²) in [6, 6.07) is 22.5. The van der Waals surface area contributed by atoms with E-state index in [9.17, 15) is 4.39 Å². The van der Waals surface area contributed by atoms with E-state index in [1.54, 1.807) is 37.1 Å². The molecule has 0 aliphatic heterocycles. The maximum absolute atomic E-state index is 13.9. The van der Waals surface area contributed by atoms with E-state index >= 15 is 0 Å². The van der Waals surface area contributed by atoms with Gasteiger partial charge < -0.3 is 9.72 Å². The molecule has 0 saturated carbocycles. The van der Waals surface area contributed by atoms with Gasteiger partial charge in [0.05, 0.1) is 23.6 Å². The third-order valence-electron chi connectivity index (χ3n) is 6.65. The Labute approximate surface area is 222 Å². The molecule has 7 nitrogen and oxygen atoms in total. The average molecular weight is 513 g/mol. The van der Waals surface area contributed by atoms with Gasteiger partial charge >= 0.3 is 0 Å². The van der Waals surface area contributed by atoms with E-state index in [1.807, 2.05) is 54.6 Å². The molecular formula is C31H21FN6O. The van der Waals surface area contributed by atoms with Crippen molar-refractivity contribution in [2.45, 2.75) is 6.61 Å². The molecule has 0 bridgehead atoms. The highest BCUT2D eigenvalue weighted by Crippen LogP contribution is 2.34. The highest BCUT2D eigenvalue weighted by molar-refractivity contribution is 6.00. The fourth-order valence-electron chi connectivity index (χ4n) is 4.73. The minimum atomic E-state index is -0.291. The van der Waals surface area contributed by atoms with E-state index in [2.05, 4.69) is 30.1 Å². The standard InChI is InChI=1S/C31H21FN6O/c32-23-8-4-7-20(9-23)27-16-34-17-29-25(27)12-28(36-29)30-26-11-22(14-35-31(26)38-37-30)21-10-24(15-33-13-21)39-18-19-5-2-1-3-6-19/h1-17,36H,18H2,(H,35,37,38). The van der Waals surface area contributed by atoms with E-state index in [4.69, 9.17) is 4.74 Å². The van der Waals surface area contributed by atoms with E-state index in [1.165, 1.54) is 12.1 Å². The maximum atomic E-state index is 13.9. The van der Waals surface area contributed by atoms with Gasteiger partial charge in [0.1, 0.15) is 23.9 Å². The molecule has 188 valence electrons. The molecule has 0 aliphatic rings. The van der Waals surface area contributed by atoms with Gasteiger partial charge in [0.25, 0.3) is 0 Å². The number of hydrogen-bond donors (Lipinski definition) is 2. The Morgan fingerprint density at radius 3 is 2.51 bits per heavy atom. The summed E-state index contributed by atoms with van der Waals surface area (Å²) in [4.78, 5) is 16.8. The Hall–Kier alpha value is -5.37. The smallest absolute Gasteiger partial charge is 0.155 e. The minimum Gasteiger partial charge on any atom is -0.487 e. The third-order valence-corrected chi connectivity index (χ3v) is 6.65. The topological polar surface area (TPSA) is 92.4 Å². The van der Waals surface area contributed by atoms with Crippen molar-refractivity contribution < 1.29 is 9.13 Å². The summed E-state index contributed by atoms with van der Waals surface area (Å²) < 4.78 is 19.9. The monoisotopic (exact) mass is 512 g/mol. The van der Waals surface area contributed by atoms with Gasteiger partial charge in [-0.2, -0.15) is 5.10 Å². The molecule has 0 saturated heterocycles. The second kappa shape index (κ2) is 9.50. The second-order valence-electron chi connectivity index (χ2n) is 9.22. The SMILES string of the molecule is Fc1cccc(-c2cncc3[nH]c(-c4n[nH]c5ncc(-c6cncc(OCc7ccccc7)c6)cc45)cc23)c1. The molecular weight excluding hydrogens is 491 g/mol. The van der Waals surface area contributed by atoms with Crippen LogP contribution in [0.3, 0.4) is 0 Å². The van der Waals surface area contributed by atoms with Crippen molar-refractivity contribution in [3.63, 3.8) is 0 Å². The number of halogens is 1. The number of fused-ring (bicyclic) bond motifs is 2. The molecule has 0 spiro atoms. The van der Waals surface area contributed by atoms with Crippen molar-refractivity contribution >= 4 is 21.9 Å². The normalized spacial score (nSPS) is 11.3. The number of aromatic nitrogens is 6. The molecule has 39 heavy (non-hydrogen) atoms. The summed E-state index contributed by atoms with van der Waals surface area (Å²) in [6.07, 6.45) is 8.79. The maximum Gasteiger partial charge on any atom is 0.155 e. The molecule has 0 aliphatic carbocycles. The van der Waals surface area contributed by atoms with Crippen LogP contribution in [0, 0.1) is 5.82 Å². The van der Waals surface area contributed by atoms with Gasteiger partial charge in [0.15, 0.2) is 5.65 Å². The molecule has 0 radical (unpaired) electrons. The van der Waals surface area contributed by atoms with E-state index in [-0.39, 0.29) is 5.82 Å². The van der Waals surface area contributed by atoms with Crippen molar-refractivity contribution in [2.75, 3.05) is 0 Å². The number of ether oxygens (including phenoxy) is 1. The molecule has 0 amide bonds. The van der Waals surface area contributed by atoms with Crippen molar-refractivity contribution in [2.24, 2.45) is 0 Å². The van der Waals surface area contributed by atoms with Crippen molar-refractivity contribution in [3.8, 4) is 39.4 Å². The molecule has 2 N–H and O–H groups in total. The Morgan fingerprint density at radius 2 is 1.62 bits per heavy atom. The highest BCUT2D eigenvalue weighted by atomic mass is 19.1. The van der Waals surface area contributed by atoms with E-state index in [0.717, 1.165) is 55.5 Å². The summed E-state index contributed by atoms with van der Waals surface area (Å²) in [5.74, 6) is 0.387. The van der Waals surface area contributed by atoms with Crippen LogP contribution in [0.2, 0.25) is 0 Å². The van der Waals surface area contributed by atoms with Crippen molar-refractivity contribution in [1.82, 2.24) is 30.1 Å². The van der Waals surface area contributed by atoms with Crippen LogP contribution in [0.1, 0.15) is 5.56 Å². The largest absolute Gasteiger partial charge is 0.487 e. The summed E-state index contributed by atoms with van der Waals surface area (Å²) in [6.45, 7) is 0.460. The molecule has 0 atom stereocenters. The zero-order valence-electron chi connectivity index (χ0n) is 20.6. The Kier molecular flexibility index (Phi) is 5.55. The fraction of sp³-hybridized carbons (Fsp3) is 0.0323. The first-order chi connectivity index (χ1) is 19.2. The number of pyridine rings is 3. The molecule has 8 heteroatoms. The number of H-pyrrole nitrogens is 2. The first-order valence-electron chi connectivity index (χ1n) is 12.4. The lowest BCUT2D eigenvalue weighted by atomic mass is 10.0. The number of hydrogen-bond acceptors (Lipinski definition) is 5. The Morgan fingerprint density at radius 1 is 0.744 bits per heavy atom. The van der Waals surface area contributed by atoms with Crippen LogP contribution in [0.5, 0.6) is 5.75 Å². The molecule has 7 rings (SSSR count). The van der Waals surface area contributed by atoms with Gasteiger partial charge in [-0.05, 0) is 41.5 Å². The molecule has 0 unspecified atom stereocenters. The first-order valence-corrected chi connectivity index (χ1v) is 12.4. The molecule has 5 aromatic heterocycles. The van der Waals surface area contributed by atoms with Crippen LogP contribution >= 0.6 is 0 Å². The minimum absolute atomic E-state index is 0.291. The van der Waals surface area contributed by atoms with Crippen LogP contribution in [-0.4, -0.2) is 30.1 Å². The zero-order chi connectivity index (χ0) is 26.2. The number of aromatic amines is 2. The lowest BCUT2D eigenvalue weighted by molar-refractivity contribution is 0.305. The summed E-state index contributed by atoms with van der Waals surface area (Å²) in [5, 5.41) is 9.37. The predicted octanol–water partition coefficient (Wildman–Crippen LogP) is 6.95. The van der Waals surface area contributed by atoms with Gasteiger partial charge in [-0.15, -0.1) is 0 Å². The van der Waals surface area contributed by atoms with Crippen LogP contribution in [0.15, 0.2) is 104 Å². The fourth-order valence-corrected chi connectivity index (χ4v) is 4.73. The summed E-state index contributed by atoms with van der Waals surface area (Å²) in [5.41, 5.74) is 7.49. The van der Waals surface area contributed by atoms with Crippen molar-refractivity contribution in [1.29, 1.82) is 0 Å². The molecule has 2 aromatic carbocycles. The van der Waals surface area contributed by atoms with Gasteiger partial charge in [-0.3, -0.25) is 15.1 Å². The van der Waals surface area contributed by atoms with Crippen LogP contribution in [0.25, 0.3) is 55.6 Å². The number of nitrogens with one attached hydrogen (secondary N) is 2. The quantitative estimate of drug-likeness (QED) is 0.252. The highest BCUT2D eigenvalue weighted by Gasteiger charge is 2.16.